The van der Waals surface area contributed by atoms with Crippen LogP contribution in [0, 0.1) is 5.82 Å². The zero-order valence-electron chi connectivity index (χ0n) is 11.2. The topological polar surface area (TPSA) is 58.4 Å². The maximum Gasteiger partial charge on any atom is 0.241 e. The Morgan fingerprint density at radius 3 is 2.50 bits per heavy atom. The van der Waals surface area contributed by atoms with Gasteiger partial charge in [0.25, 0.3) is 0 Å². The molecule has 18 heavy (non-hydrogen) atoms. The second kappa shape index (κ2) is 5.82. The Bertz CT molecular complexity index is 434. The van der Waals surface area contributed by atoms with Crippen molar-refractivity contribution >= 4 is 17.3 Å². The van der Waals surface area contributed by atoms with Crippen LogP contribution in [-0.2, 0) is 4.79 Å². The van der Waals surface area contributed by atoms with Crippen LogP contribution in [0.3, 0.4) is 0 Å². The average molecular weight is 253 g/mol. The van der Waals surface area contributed by atoms with Gasteiger partial charge in [0.05, 0.1) is 11.7 Å². The molecule has 0 spiro atoms. The van der Waals surface area contributed by atoms with E-state index in [4.69, 9.17) is 5.73 Å². The van der Waals surface area contributed by atoms with Gasteiger partial charge in [-0.1, -0.05) is 0 Å². The number of carbonyl (C=O) groups is 1. The number of benzene rings is 1. The molecule has 1 unspecified atom stereocenters. The first-order chi connectivity index (χ1) is 8.32. The van der Waals surface area contributed by atoms with Gasteiger partial charge in [-0.05, 0) is 46.0 Å². The zero-order chi connectivity index (χ0) is 13.9. The molecule has 5 heteroatoms. The summed E-state index contributed by atoms with van der Waals surface area (Å²) in [5, 5.41) is 2.72. The van der Waals surface area contributed by atoms with Gasteiger partial charge in [-0.25, -0.2) is 4.39 Å². The van der Waals surface area contributed by atoms with Crippen molar-refractivity contribution in [1.82, 2.24) is 4.90 Å². The van der Waals surface area contributed by atoms with Crippen LogP contribution in [0.2, 0.25) is 0 Å². The lowest BCUT2D eigenvalue weighted by Gasteiger charge is -2.27. The Balaban J connectivity index is 2.72. The lowest BCUT2D eigenvalue weighted by atomic mass is 10.2. The van der Waals surface area contributed by atoms with Gasteiger partial charge >= 0.3 is 0 Å². The Hall–Kier alpha value is -1.62. The zero-order valence-corrected chi connectivity index (χ0v) is 11.2. The summed E-state index contributed by atoms with van der Waals surface area (Å²) >= 11 is 0. The highest BCUT2D eigenvalue weighted by atomic mass is 19.1. The van der Waals surface area contributed by atoms with Crippen molar-refractivity contribution in [3.8, 4) is 0 Å². The van der Waals surface area contributed by atoms with E-state index < -0.39 is 5.82 Å². The number of nitrogens with zero attached hydrogens (tertiary/aromatic N) is 1. The Morgan fingerprint density at radius 2 is 2.00 bits per heavy atom. The second-order valence-corrected chi connectivity index (χ2v) is 4.66. The highest BCUT2D eigenvalue weighted by molar-refractivity contribution is 5.94. The second-order valence-electron chi connectivity index (χ2n) is 4.66. The van der Waals surface area contributed by atoms with E-state index >= 15 is 0 Å². The molecule has 0 aliphatic heterocycles. The Labute approximate surface area is 107 Å². The van der Waals surface area contributed by atoms with Crippen LogP contribution in [0.5, 0.6) is 0 Å². The average Bonchev–Trinajstić information content (AvgIpc) is 2.31. The number of hydrogen-bond donors (Lipinski definition) is 2. The number of rotatable bonds is 4. The third-order valence-corrected chi connectivity index (χ3v) is 3.07. The molecule has 0 fully saturated rings. The van der Waals surface area contributed by atoms with Gasteiger partial charge in [0, 0.05) is 11.7 Å². The first-order valence-electron chi connectivity index (χ1n) is 5.90. The molecule has 0 saturated carbocycles. The van der Waals surface area contributed by atoms with Gasteiger partial charge in [0.1, 0.15) is 5.82 Å². The molecule has 1 atom stereocenters. The number of carbonyl (C=O) groups excluding carboxylic acids is 1. The smallest absolute Gasteiger partial charge is 0.241 e. The fourth-order valence-electron chi connectivity index (χ4n) is 1.50. The number of amides is 1. The van der Waals surface area contributed by atoms with Crippen LogP contribution >= 0.6 is 0 Å². The number of nitrogen functional groups attached to an aromatic ring is 1. The minimum atomic E-state index is -0.486. The minimum Gasteiger partial charge on any atom is -0.396 e. The van der Waals surface area contributed by atoms with Crippen molar-refractivity contribution in [2.75, 3.05) is 18.1 Å². The highest BCUT2D eigenvalue weighted by Gasteiger charge is 2.20. The van der Waals surface area contributed by atoms with Crippen molar-refractivity contribution in [3.63, 3.8) is 0 Å². The number of nitrogens with one attached hydrogen (secondary N) is 1. The minimum absolute atomic E-state index is 0.0256. The van der Waals surface area contributed by atoms with Gasteiger partial charge < -0.3 is 11.1 Å². The third kappa shape index (κ3) is 3.43. The summed E-state index contributed by atoms with van der Waals surface area (Å²) in [6, 6.07) is 4.14. The van der Waals surface area contributed by atoms with Gasteiger partial charge in [0.15, 0.2) is 0 Å². The van der Waals surface area contributed by atoms with E-state index in [1.54, 1.807) is 0 Å². The first kappa shape index (κ1) is 14.4. The fraction of sp³-hybridized carbons (Fsp3) is 0.462. The lowest BCUT2D eigenvalue weighted by Crippen LogP contribution is -2.43. The number of nitrogens with two attached hydrogens (primary N) is 1. The van der Waals surface area contributed by atoms with E-state index in [9.17, 15) is 9.18 Å². The molecule has 3 N–H and O–H groups in total. The molecule has 1 aromatic carbocycles. The maximum atomic E-state index is 13.0. The fourth-order valence-corrected chi connectivity index (χ4v) is 1.50. The van der Waals surface area contributed by atoms with E-state index in [1.165, 1.54) is 18.2 Å². The normalized spacial score (nSPS) is 12.8. The molecule has 1 amide bonds. The van der Waals surface area contributed by atoms with Crippen molar-refractivity contribution in [2.24, 2.45) is 0 Å². The van der Waals surface area contributed by atoms with E-state index in [0.29, 0.717) is 5.69 Å². The van der Waals surface area contributed by atoms with Crippen LogP contribution in [0.1, 0.15) is 20.8 Å². The molecular weight excluding hydrogens is 233 g/mol. The molecule has 0 radical (unpaired) electrons. The molecule has 0 aromatic heterocycles. The van der Waals surface area contributed by atoms with E-state index in [1.807, 2.05) is 32.7 Å². The van der Waals surface area contributed by atoms with Crippen LogP contribution < -0.4 is 11.1 Å². The van der Waals surface area contributed by atoms with Gasteiger partial charge in [0.2, 0.25) is 5.91 Å². The van der Waals surface area contributed by atoms with Crippen molar-refractivity contribution in [2.45, 2.75) is 32.9 Å². The van der Waals surface area contributed by atoms with Crippen molar-refractivity contribution in [3.05, 3.63) is 24.0 Å². The summed E-state index contributed by atoms with van der Waals surface area (Å²) in [5.41, 5.74) is 5.97. The monoisotopic (exact) mass is 253 g/mol. The third-order valence-electron chi connectivity index (χ3n) is 3.07. The highest BCUT2D eigenvalue weighted by Crippen LogP contribution is 2.17. The summed E-state index contributed by atoms with van der Waals surface area (Å²) in [4.78, 5) is 13.9. The summed E-state index contributed by atoms with van der Waals surface area (Å²) in [7, 11) is 1.88. The summed E-state index contributed by atoms with van der Waals surface area (Å²) in [6.45, 7) is 5.85. The molecule has 1 aromatic rings. The number of hydrogen-bond acceptors (Lipinski definition) is 3. The SMILES string of the molecule is CC(C)N(C)C(C)C(=O)Nc1ccc(F)c(N)c1. The number of halogens is 1. The van der Waals surface area contributed by atoms with Crippen LogP contribution in [-0.4, -0.2) is 29.9 Å². The summed E-state index contributed by atoms with van der Waals surface area (Å²) in [6.07, 6.45) is 0. The van der Waals surface area contributed by atoms with E-state index in [2.05, 4.69) is 5.32 Å². The molecule has 1 rings (SSSR count). The Kier molecular flexibility index (Phi) is 4.67. The maximum absolute atomic E-state index is 13.0. The first-order valence-corrected chi connectivity index (χ1v) is 5.90. The Morgan fingerprint density at radius 1 is 1.39 bits per heavy atom. The van der Waals surface area contributed by atoms with Gasteiger partial charge in [-0.15, -0.1) is 0 Å². The molecule has 0 bridgehead atoms. The van der Waals surface area contributed by atoms with Gasteiger partial charge in [-0.2, -0.15) is 0 Å². The number of likely N-dealkylation sites (N-methyl/N-ethyl adjacent to an activating group) is 1. The lowest BCUT2D eigenvalue weighted by molar-refractivity contribution is -0.120. The van der Waals surface area contributed by atoms with E-state index in [0.717, 1.165) is 0 Å². The van der Waals surface area contributed by atoms with E-state index in [-0.39, 0.29) is 23.7 Å². The largest absolute Gasteiger partial charge is 0.396 e. The van der Waals surface area contributed by atoms with Crippen LogP contribution in [0.25, 0.3) is 0 Å². The molecule has 4 nitrogen and oxygen atoms in total. The van der Waals surface area contributed by atoms with Crippen molar-refractivity contribution < 1.29 is 9.18 Å². The van der Waals surface area contributed by atoms with Crippen LogP contribution in [0.4, 0.5) is 15.8 Å². The van der Waals surface area contributed by atoms with Crippen LogP contribution in [0.15, 0.2) is 18.2 Å². The molecule has 100 valence electrons. The quantitative estimate of drug-likeness (QED) is 0.808. The molecule has 0 saturated heterocycles. The molecule has 0 aliphatic rings. The standard InChI is InChI=1S/C13H20FN3O/c1-8(2)17(4)9(3)13(18)16-10-5-6-11(14)12(15)7-10/h5-9H,15H2,1-4H3,(H,16,18). The van der Waals surface area contributed by atoms with Crippen molar-refractivity contribution in [1.29, 1.82) is 0 Å². The predicted octanol–water partition coefficient (Wildman–Crippen LogP) is 2.08. The summed E-state index contributed by atoms with van der Waals surface area (Å²) < 4.78 is 13.0. The molecule has 0 aliphatic carbocycles. The molecule has 0 heterocycles. The molecular formula is C13H20FN3O. The number of anilines is 2. The van der Waals surface area contributed by atoms with Gasteiger partial charge in [-0.3, -0.25) is 9.69 Å². The predicted molar refractivity (Wildman–Crippen MR) is 71.8 cm³/mol. The summed E-state index contributed by atoms with van der Waals surface area (Å²) in [5.74, 6) is -0.627.